The van der Waals surface area contributed by atoms with E-state index >= 15 is 0 Å². The third-order valence-corrected chi connectivity index (χ3v) is 6.35. The second kappa shape index (κ2) is 5.90. The van der Waals surface area contributed by atoms with Gasteiger partial charge < -0.3 is 4.74 Å². The highest BCUT2D eigenvalue weighted by Gasteiger charge is 2.55. The number of fused-ring (bicyclic) bond motifs is 2. The van der Waals surface area contributed by atoms with Gasteiger partial charge in [-0.15, -0.1) is 0 Å². The van der Waals surface area contributed by atoms with Crippen LogP contribution in [0.2, 0.25) is 0 Å². The van der Waals surface area contributed by atoms with E-state index in [2.05, 4.69) is 20.4 Å². The largest absolute Gasteiger partial charge is 0.454 e. The minimum Gasteiger partial charge on any atom is -0.454 e. The first kappa shape index (κ1) is 16.4. The van der Waals surface area contributed by atoms with Crippen LogP contribution >= 0.6 is 0 Å². The number of benzene rings is 1. The third-order valence-electron chi connectivity index (χ3n) is 5.61. The van der Waals surface area contributed by atoms with E-state index in [1.54, 1.807) is 18.4 Å². The van der Waals surface area contributed by atoms with E-state index in [0.29, 0.717) is 28.6 Å². The van der Waals surface area contributed by atoms with E-state index in [4.69, 9.17) is 4.74 Å². The predicted molar refractivity (Wildman–Crippen MR) is 92.6 cm³/mol. The van der Waals surface area contributed by atoms with Crippen LogP contribution in [0.4, 0.5) is 0 Å². The summed E-state index contributed by atoms with van der Waals surface area (Å²) in [7, 11) is -0.924. The molecule has 3 fully saturated rings. The van der Waals surface area contributed by atoms with Crippen LogP contribution in [0.5, 0.6) is 0 Å². The van der Waals surface area contributed by atoms with E-state index in [0.717, 1.165) is 17.6 Å². The lowest BCUT2D eigenvalue weighted by Gasteiger charge is -2.59. The van der Waals surface area contributed by atoms with Crippen molar-refractivity contribution in [3.63, 3.8) is 0 Å². The number of carbonyl (C=O) groups is 1. The third kappa shape index (κ3) is 3.01. The molecule has 23 heavy (non-hydrogen) atoms. The summed E-state index contributed by atoms with van der Waals surface area (Å²) in [6.45, 7) is 8.76. The van der Waals surface area contributed by atoms with Crippen LogP contribution in [0.3, 0.4) is 0 Å². The molecule has 0 heterocycles. The summed E-state index contributed by atoms with van der Waals surface area (Å²) in [6.07, 6.45) is 3.55. The van der Waals surface area contributed by atoms with Gasteiger partial charge in [-0.25, -0.2) is 4.79 Å². The van der Waals surface area contributed by atoms with Gasteiger partial charge in [0.2, 0.25) is 0 Å². The Morgan fingerprint density at radius 2 is 2.13 bits per heavy atom. The molecule has 1 aromatic rings. The zero-order valence-corrected chi connectivity index (χ0v) is 14.8. The second-order valence-corrected chi connectivity index (χ2v) is 8.86. The maximum atomic E-state index is 12.4. The van der Waals surface area contributed by atoms with Crippen molar-refractivity contribution in [1.29, 1.82) is 0 Å². The van der Waals surface area contributed by atoms with Crippen molar-refractivity contribution >= 4 is 16.8 Å². The highest BCUT2D eigenvalue weighted by atomic mass is 32.2. The molecular formula is C19H24O3S. The Hall–Kier alpha value is -1.42. The summed E-state index contributed by atoms with van der Waals surface area (Å²) in [5, 5.41) is 0. The highest BCUT2D eigenvalue weighted by Crippen LogP contribution is 2.61. The molecule has 0 spiro atoms. The fraction of sp³-hybridized carbons (Fsp3) is 0.526. The smallest absolute Gasteiger partial charge is 0.338 e. The van der Waals surface area contributed by atoms with Crippen LogP contribution in [0.15, 0.2) is 36.4 Å². The first-order valence-corrected chi connectivity index (χ1v) is 9.80. The fourth-order valence-electron chi connectivity index (χ4n) is 4.02. The lowest BCUT2D eigenvalue weighted by molar-refractivity contribution is -0.0769. The number of ether oxygens (including phenoxy) is 1. The molecule has 0 aliphatic heterocycles. The molecule has 3 aliphatic carbocycles. The van der Waals surface area contributed by atoms with Crippen molar-refractivity contribution in [3.05, 3.63) is 47.5 Å². The molecule has 0 aromatic heterocycles. The van der Waals surface area contributed by atoms with Crippen LogP contribution in [-0.4, -0.2) is 22.5 Å². The number of esters is 1. The van der Waals surface area contributed by atoms with Gasteiger partial charge in [0.15, 0.2) is 0 Å². The summed E-state index contributed by atoms with van der Waals surface area (Å²) in [4.78, 5) is 12.4. The van der Waals surface area contributed by atoms with Gasteiger partial charge in [0, 0.05) is 22.8 Å². The lowest BCUT2D eigenvalue weighted by atomic mass is 9.47. The molecule has 0 unspecified atom stereocenters. The average Bonchev–Trinajstić information content (AvgIpc) is 2.48. The van der Waals surface area contributed by atoms with Gasteiger partial charge >= 0.3 is 5.97 Å². The predicted octanol–water partition coefficient (Wildman–Crippen LogP) is 3.71. The van der Waals surface area contributed by atoms with Crippen LogP contribution in [-0.2, 0) is 21.3 Å². The zero-order valence-electron chi connectivity index (χ0n) is 14.0. The molecule has 4 heteroatoms. The zero-order chi connectivity index (χ0) is 16.8. The quantitative estimate of drug-likeness (QED) is 0.623. The highest BCUT2D eigenvalue weighted by molar-refractivity contribution is 7.83. The summed E-state index contributed by atoms with van der Waals surface area (Å²) in [5.74, 6) is 1.23. The molecule has 0 amide bonds. The molecule has 0 saturated heterocycles. The minimum absolute atomic E-state index is 0.164. The molecule has 1 aromatic carbocycles. The molecule has 3 nitrogen and oxygen atoms in total. The van der Waals surface area contributed by atoms with E-state index in [1.165, 1.54) is 6.42 Å². The molecule has 4 rings (SSSR count). The Labute approximate surface area is 140 Å². The summed E-state index contributed by atoms with van der Waals surface area (Å²) >= 11 is 0. The van der Waals surface area contributed by atoms with Crippen LogP contribution in [0.25, 0.3) is 0 Å². The topological polar surface area (TPSA) is 43.4 Å². The Kier molecular flexibility index (Phi) is 4.21. The van der Waals surface area contributed by atoms with Gasteiger partial charge in [-0.2, -0.15) is 0 Å². The van der Waals surface area contributed by atoms with Gasteiger partial charge in [-0.3, -0.25) is 4.21 Å². The number of carbonyl (C=O) groups excluding carboxylic acids is 1. The monoisotopic (exact) mass is 332 g/mol. The SMILES string of the molecule is C=C1[C@@H](OC(=O)c2cccc(C[S@@](C)=O)c2)C[C@H]2C[C@@H]1C2(C)C. The Morgan fingerprint density at radius 3 is 2.74 bits per heavy atom. The normalized spacial score (nSPS) is 29.5. The van der Waals surface area contributed by atoms with E-state index in [1.807, 2.05) is 12.1 Å². The molecular weight excluding hydrogens is 308 g/mol. The molecule has 0 N–H and O–H groups in total. The van der Waals surface area contributed by atoms with Gasteiger partial charge in [0.1, 0.15) is 6.10 Å². The van der Waals surface area contributed by atoms with Gasteiger partial charge in [-0.1, -0.05) is 32.6 Å². The van der Waals surface area contributed by atoms with Crippen LogP contribution in [0, 0.1) is 17.3 Å². The van der Waals surface area contributed by atoms with Crippen LogP contribution < -0.4 is 0 Å². The first-order valence-electron chi connectivity index (χ1n) is 8.07. The molecule has 124 valence electrons. The Morgan fingerprint density at radius 1 is 1.39 bits per heavy atom. The molecule has 3 aliphatic rings. The van der Waals surface area contributed by atoms with Crippen molar-refractivity contribution in [2.24, 2.45) is 17.3 Å². The maximum absolute atomic E-state index is 12.4. The second-order valence-electron chi connectivity index (χ2n) is 7.43. The van der Waals surface area contributed by atoms with Crippen molar-refractivity contribution in [3.8, 4) is 0 Å². The van der Waals surface area contributed by atoms with E-state index in [-0.39, 0.29) is 12.1 Å². The van der Waals surface area contributed by atoms with Crippen molar-refractivity contribution in [2.75, 3.05) is 6.26 Å². The summed E-state index contributed by atoms with van der Waals surface area (Å²) in [6, 6.07) is 7.23. The number of rotatable bonds is 4. The molecule has 3 saturated carbocycles. The van der Waals surface area contributed by atoms with Crippen molar-refractivity contribution < 1.29 is 13.7 Å². The number of hydrogen-bond acceptors (Lipinski definition) is 3. The molecule has 4 atom stereocenters. The fourth-order valence-corrected chi connectivity index (χ4v) is 4.67. The Balaban J connectivity index is 1.68. The number of hydrogen-bond donors (Lipinski definition) is 0. The van der Waals surface area contributed by atoms with Crippen molar-refractivity contribution in [1.82, 2.24) is 0 Å². The summed E-state index contributed by atoms with van der Waals surface area (Å²) in [5.41, 5.74) is 2.79. The maximum Gasteiger partial charge on any atom is 0.338 e. The Bertz CT molecular complexity index is 677. The minimum atomic E-state index is -0.924. The van der Waals surface area contributed by atoms with E-state index < -0.39 is 10.8 Å². The lowest BCUT2D eigenvalue weighted by Crippen LogP contribution is -2.54. The van der Waals surface area contributed by atoms with Crippen LogP contribution in [0.1, 0.15) is 42.6 Å². The molecule has 2 bridgehead atoms. The van der Waals surface area contributed by atoms with Crippen molar-refractivity contribution in [2.45, 2.75) is 38.5 Å². The summed E-state index contributed by atoms with van der Waals surface area (Å²) < 4.78 is 17.1. The molecule has 0 radical (unpaired) electrons. The van der Waals surface area contributed by atoms with Gasteiger partial charge in [0.25, 0.3) is 0 Å². The first-order chi connectivity index (χ1) is 10.8. The standard InChI is InChI=1S/C19H24O3S/c1-12-16-9-15(19(16,2)3)10-17(12)22-18(20)14-7-5-6-13(8-14)11-23(4)21/h5-8,15-17H,1,9-11H2,2-4H3/t15-,16+,17+,23-/m1/s1. The average molecular weight is 332 g/mol. The van der Waals surface area contributed by atoms with Gasteiger partial charge in [0.05, 0.1) is 5.56 Å². The van der Waals surface area contributed by atoms with E-state index in [9.17, 15) is 9.00 Å². The van der Waals surface area contributed by atoms with Gasteiger partial charge in [-0.05, 0) is 53.4 Å².